The maximum atomic E-state index is 6.62. The van der Waals surface area contributed by atoms with Crippen LogP contribution >= 0.6 is 11.6 Å². The Hall–Kier alpha value is -0.505. The molecule has 2 bridgehead atoms. The van der Waals surface area contributed by atoms with Crippen molar-refractivity contribution < 1.29 is 9.31 Å². The van der Waals surface area contributed by atoms with Crippen LogP contribution in [-0.2, 0) is 9.31 Å². The van der Waals surface area contributed by atoms with Gasteiger partial charge in [0.1, 0.15) is 0 Å². The van der Waals surface area contributed by atoms with Gasteiger partial charge in [0.25, 0.3) is 0 Å². The Balaban J connectivity index is 1.57. The van der Waals surface area contributed by atoms with Gasteiger partial charge in [0.05, 0.1) is 17.0 Å². The van der Waals surface area contributed by atoms with Gasteiger partial charge < -0.3 is 9.31 Å². The molecule has 3 saturated carbocycles. The van der Waals surface area contributed by atoms with Crippen LogP contribution in [0.1, 0.15) is 44.5 Å². The fraction of sp³-hybridized carbons (Fsp3) is 0.647. The summed E-state index contributed by atoms with van der Waals surface area (Å²) < 4.78 is 12.6. The first-order valence-electron chi connectivity index (χ1n) is 7.95. The summed E-state index contributed by atoms with van der Waals surface area (Å²) in [5, 5.41) is -0.242. The molecule has 5 rings (SSSR count). The molecule has 3 aliphatic carbocycles. The van der Waals surface area contributed by atoms with Crippen molar-refractivity contribution in [1.82, 2.24) is 0 Å². The average molecular weight is 305 g/mol. The summed E-state index contributed by atoms with van der Waals surface area (Å²) in [7, 11) is -0.334. The van der Waals surface area contributed by atoms with Gasteiger partial charge >= 0.3 is 7.12 Å². The second-order valence-corrected chi connectivity index (χ2v) is 8.12. The van der Waals surface area contributed by atoms with Crippen LogP contribution in [0, 0.1) is 17.3 Å². The minimum absolute atomic E-state index is 0.176. The molecule has 0 unspecified atom stereocenters. The zero-order chi connectivity index (χ0) is 14.8. The predicted octanol–water partition coefficient (Wildman–Crippen LogP) is 4.23. The highest BCUT2D eigenvalue weighted by Gasteiger charge is 2.68. The highest BCUT2D eigenvalue weighted by molar-refractivity contribution is 6.59. The topological polar surface area (TPSA) is 18.5 Å². The van der Waals surface area contributed by atoms with E-state index in [-0.39, 0.29) is 24.1 Å². The number of rotatable bonds is 2. The quantitative estimate of drug-likeness (QED) is 0.601. The molecule has 1 aliphatic heterocycles. The fourth-order valence-electron chi connectivity index (χ4n) is 4.82. The summed E-state index contributed by atoms with van der Waals surface area (Å²) in [6.45, 7) is 6.98. The van der Waals surface area contributed by atoms with Gasteiger partial charge in [-0.1, -0.05) is 44.2 Å². The molecular weight excluding hydrogens is 282 g/mol. The lowest BCUT2D eigenvalue weighted by Crippen LogP contribution is -2.65. The van der Waals surface area contributed by atoms with Crippen molar-refractivity contribution in [2.45, 2.75) is 50.6 Å². The number of hydrogen-bond acceptors (Lipinski definition) is 2. The van der Waals surface area contributed by atoms with Gasteiger partial charge in [-0.2, -0.15) is 0 Å². The standard InChI is InChI=1S/C17H22BClO2/c1-16(2)12-9-13(16)17(3)14(10-12)20-18(21-17)15(19)11-7-5-4-6-8-11/h4-8,12-15H,9-10H2,1-3H3/t12-,13-,14+,15+,17-/m0/s1. The van der Waals surface area contributed by atoms with Crippen molar-refractivity contribution in [2.75, 3.05) is 0 Å². The average Bonchev–Trinajstić information content (AvgIpc) is 2.84. The molecule has 0 aromatic heterocycles. The monoisotopic (exact) mass is 304 g/mol. The molecule has 112 valence electrons. The van der Waals surface area contributed by atoms with Gasteiger partial charge in [-0.3, -0.25) is 0 Å². The first kappa shape index (κ1) is 14.1. The van der Waals surface area contributed by atoms with Crippen molar-refractivity contribution in [3.8, 4) is 0 Å². The summed E-state index contributed by atoms with van der Waals surface area (Å²) in [6, 6.07) is 10.1. The van der Waals surface area contributed by atoms with Crippen molar-refractivity contribution in [2.24, 2.45) is 17.3 Å². The van der Waals surface area contributed by atoms with Crippen LogP contribution in [0.3, 0.4) is 0 Å². The van der Waals surface area contributed by atoms with E-state index in [9.17, 15) is 0 Å². The van der Waals surface area contributed by atoms with Crippen LogP contribution < -0.4 is 0 Å². The van der Waals surface area contributed by atoms with E-state index in [1.54, 1.807) is 0 Å². The fourth-order valence-corrected chi connectivity index (χ4v) is 5.07. The molecule has 2 nitrogen and oxygen atoms in total. The summed E-state index contributed by atoms with van der Waals surface area (Å²) in [6.07, 6.45) is 2.58. The molecule has 4 heteroatoms. The molecule has 1 aromatic rings. The Morgan fingerprint density at radius 2 is 1.90 bits per heavy atom. The Morgan fingerprint density at radius 1 is 1.19 bits per heavy atom. The zero-order valence-electron chi connectivity index (χ0n) is 12.9. The van der Waals surface area contributed by atoms with Crippen molar-refractivity contribution in [3.05, 3.63) is 35.9 Å². The maximum Gasteiger partial charge on any atom is 0.481 e. The largest absolute Gasteiger partial charge is 0.481 e. The van der Waals surface area contributed by atoms with Gasteiger partial charge in [-0.05, 0) is 42.6 Å². The number of hydrogen-bond donors (Lipinski definition) is 0. The molecular formula is C17H22BClO2. The normalized spacial score (nSPS) is 41.3. The summed E-state index contributed by atoms with van der Waals surface area (Å²) >= 11 is 6.62. The molecule has 1 heterocycles. The van der Waals surface area contributed by atoms with E-state index < -0.39 is 0 Å². The maximum absolute atomic E-state index is 6.62. The Labute approximate surface area is 132 Å². The molecule has 1 aromatic carbocycles. The van der Waals surface area contributed by atoms with Crippen molar-refractivity contribution >= 4 is 18.7 Å². The molecule has 0 N–H and O–H groups in total. The highest BCUT2D eigenvalue weighted by Crippen LogP contribution is 2.66. The molecule has 0 radical (unpaired) electrons. The third-order valence-corrected chi connectivity index (χ3v) is 6.78. The Morgan fingerprint density at radius 3 is 2.57 bits per heavy atom. The summed E-state index contributed by atoms with van der Waals surface area (Å²) in [4.78, 5) is 0. The van der Waals surface area contributed by atoms with Gasteiger partial charge in [0, 0.05) is 0 Å². The highest BCUT2D eigenvalue weighted by atomic mass is 35.5. The Bertz CT molecular complexity index is 549. The predicted molar refractivity (Wildman–Crippen MR) is 85.1 cm³/mol. The van der Waals surface area contributed by atoms with E-state index in [4.69, 9.17) is 20.9 Å². The first-order valence-corrected chi connectivity index (χ1v) is 8.39. The van der Waals surface area contributed by atoms with Crippen molar-refractivity contribution in [3.63, 3.8) is 0 Å². The van der Waals surface area contributed by atoms with E-state index in [1.807, 2.05) is 30.3 Å². The minimum Gasteiger partial charge on any atom is -0.404 e. The third-order valence-electron chi connectivity index (χ3n) is 6.33. The molecule has 0 spiro atoms. The van der Waals surface area contributed by atoms with E-state index in [0.29, 0.717) is 11.3 Å². The SMILES string of the molecule is CC1(C)[C@@H]2C[C@H]3OB([C@H](Cl)c4ccccc4)O[C@@]3(C)[C@H]1C2. The number of alkyl halides is 1. The zero-order valence-corrected chi connectivity index (χ0v) is 13.6. The van der Waals surface area contributed by atoms with Gasteiger partial charge in [0.15, 0.2) is 0 Å². The molecule has 0 amide bonds. The lowest BCUT2D eigenvalue weighted by atomic mass is 9.43. The second kappa shape index (κ2) is 4.50. The molecule has 21 heavy (non-hydrogen) atoms. The molecule has 5 atom stereocenters. The third kappa shape index (κ3) is 1.87. The summed E-state index contributed by atoms with van der Waals surface area (Å²) in [5.41, 5.74) is 1.26. The number of benzene rings is 1. The van der Waals surface area contributed by atoms with Crippen LogP contribution in [-0.4, -0.2) is 18.8 Å². The van der Waals surface area contributed by atoms with Crippen molar-refractivity contribution in [1.29, 1.82) is 0 Å². The first-order chi connectivity index (χ1) is 9.93. The second-order valence-electron chi connectivity index (χ2n) is 7.65. The molecule has 4 aliphatic rings. The lowest BCUT2D eigenvalue weighted by molar-refractivity contribution is -0.199. The minimum atomic E-state index is -0.334. The lowest BCUT2D eigenvalue weighted by Gasteiger charge is -2.64. The summed E-state index contributed by atoms with van der Waals surface area (Å²) in [5.74, 6) is 1.35. The van der Waals surface area contributed by atoms with E-state index >= 15 is 0 Å². The van der Waals surface area contributed by atoms with Crippen LogP contribution in [0.25, 0.3) is 0 Å². The Kier molecular flexibility index (Phi) is 3.02. The van der Waals surface area contributed by atoms with Crippen LogP contribution in [0.2, 0.25) is 0 Å². The smallest absolute Gasteiger partial charge is 0.404 e. The van der Waals surface area contributed by atoms with Crippen LogP contribution in [0.15, 0.2) is 30.3 Å². The number of halogens is 1. The van der Waals surface area contributed by atoms with Crippen LogP contribution in [0.4, 0.5) is 0 Å². The van der Waals surface area contributed by atoms with E-state index in [1.165, 1.54) is 6.42 Å². The van der Waals surface area contributed by atoms with Gasteiger partial charge in [-0.25, -0.2) is 0 Å². The van der Waals surface area contributed by atoms with E-state index in [2.05, 4.69) is 20.8 Å². The van der Waals surface area contributed by atoms with E-state index in [0.717, 1.165) is 17.9 Å². The van der Waals surface area contributed by atoms with Gasteiger partial charge in [0.2, 0.25) is 0 Å². The van der Waals surface area contributed by atoms with Gasteiger partial charge in [-0.15, -0.1) is 11.6 Å². The molecule has 1 saturated heterocycles. The molecule has 4 fully saturated rings. The van der Waals surface area contributed by atoms with Crippen LogP contribution in [0.5, 0.6) is 0 Å².